The van der Waals surface area contributed by atoms with Crippen LogP contribution in [0.1, 0.15) is 26.3 Å². The van der Waals surface area contributed by atoms with Gasteiger partial charge in [-0.1, -0.05) is 0 Å². The molecule has 0 unspecified atom stereocenters. The molecular weight excluding hydrogens is 330 g/mol. The molecule has 4 atom stereocenters. The van der Waals surface area contributed by atoms with Gasteiger partial charge >= 0.3 is 0 Å². The Balaban J connectivity index is 1.81. The molecule has 0 aromatic carbocycles. The van der Waals surface area contributed by atoms with Crippen LogP contribution in [0.15, 0.2) is 23.0 Å². The van der Waals surface area contributed by atoms with Gasteiger partial charge in [0.15, 0.2) is 0 Å². The monoisotopic (exact) mass is 367 g/mol. The second-order valence-corrected chi connectivity index (χ2v) is 7.43. The molecule has 7 heteroatoms. The van der Waals surface area contributed by atoms with E-state index in [0.717, 1.165) is 44.8 Å². The molecular formula is C19H37N5O2. The van der Waals surface area contributed by atoms with Crippen molar-refractivity contribution >= 4 is 0 Å². The van der Waals surface area contributed by atoms with Gasteiger partial charge in [-0.15, -0.1) is 0 Å². The Morgan fingerprint density at radius 1 is 0.923 bits per heavy atom. The normalized spacial score (nSPS) is 30.4. The van der Waals surface area contributed by atoms with E-state index in [1.807, 2.05) is 6.07 Å². The van der Waals surface area contributed by atoms with Gasteiger partial charge in [0.05, 0.1) is 25.7 Å². The molecule has 7 nitrogen and oxygen atoms in total. The van der Waals surface area contributed by atoms with E-state index in [1.54, 1.807) is 12.5 Å². The number of nitrogens with one attached hydrogen (secondary N) is 5. The lowest BCUT2D eigenvalue weighted by Crippen LogP contribution is -2.50. The molecule has 0 spiro atoms. The second kappa shape index (κ2) is 12.4. The van der Waals surface area contributed by atoms with E-state index in [9.17, 15) is 0 Å². The molecule has 1 aliphatic heterocycles. The fourth-order valence-corrected chi connectivity index (χ4v) is 2.89. The Morgan fingerprint density at radius 2 is 1.65 bits per heavy atom. The Morgan fingerprint density at radius 3 is 2.46 bits per heavy atom. The van der Waals surface area contributed by atoms with Crippen LogP contribution in [0.3, 0.4) is 0 Å². The number of ether oxygens (including phenoxy) is 1. The third kappa shape index (κ3) is 9.12. The molecule has 1 saturated heterocycles. The SMILES string of the molecule is C[C@@H]1CN[C@@H](COCc2ccoc2)CN[C@H](C)CN[C@@H](C)CNCCN1. The van der Waals surface area contributed by atoms with Crippen molar-refractivity contribution in [3.63, 3.8) is 0 Å². The van der Waals surface area contributed by atoms with Crippen LogP contribution in [0.2, 0.25) is 0 Å². The molecule has 2 rings (SSSR count). The fraction of sp³-hybridized carbons (Fsp3) is 0.789. The lowest BCUT2D eigenvalue weighted by atomic mass is 10.2. The molecule has 5 N–H and O–H groups in total. The average molecular weight is 368 g/mol. The van der Waals surface area contributed by atoms with Crippen LogP contribution in [0.5, 0.6) is 0 Å². The summed E-state index contributed by atoms with van der Waals surface area (Å²) in [5.74, 6) is 0. The van der Waals surface area contributed by atoms with Crippen molar-refractivity contribution in [2.24, 2.45) is 0 Å². The second-order valence-electron chi connectivity index (χ2n) is 7.43. The number of hydrogen-bond donors (Lipinski definition) is 5. The third-order valence-corrected chi connectivity index (χ3v) is 4.61. The zero-order valence-corrected chi connectivity index (χ0v) is 16.5. The maximum Gasteiger partial charge on any atom is 0.0957 e. The van der Waals surface area contributed by atoms with Crippen molar-refractivity contribution in [2.45, 2.75) is 51.5 Å². The smallest absolute Gasteiger partial charge is 0.0957 e. The molecule has 2 heterocycles. The van der Waals surface area contributed by atoms with E-state index in [1.165, 1.54) is 0 Å². The number of furan rings is 1. The molecule has 1 aromatic heterocycles. The predicted octanol–water partition coefficient (Wildman–Crippen LogP) is 0.292. The topological polar surface area (TPSA) is 82.5 Å². The molecule has 150 valence electrons. The zero-order valence-electron chi connectivity index (χ0n) is 16.5. The van der Waals surface area contributed by atoms with Gasteiger partial charge in [0, 0.05) is 69.0 Å². The summed E-state index contributed by atoms with van der Waals surface area (Å²) in [7, 11) is 0. The summed E-state index contributed by atoms with van der Waals surface area (Å²) in [6.45, 7) is 13.6. The van der Waals surface area contributed by atoms with Crippen LogP contribution in [0, 0.1) is 0 Å². The Labute approximate surface area is 158 Å². The molecule has 0 radical (unpaired) electrons. The van der Waals surface area contributed by atoms with E-state index in [-0.39, 0.29) is 6.04 Å². The lowest BCUT2D eigenvalue weighted by molar-refractivity contribution is 0.0965. The first-order valence-corrected chi connectivity index (χ1v) is 9.86. The van der Waals surface area contributed by atoms with Crippen molar-refractivity contribution in [1.82, 2.24) is 26.6 Å². The lowest BCUT2D eigenvalue weighted by Gasteiger charge is -2.24. The van der Waals surface area contributed by atoms with Gasteiger partial charge in [-0.2, -0.15) is 0 Å². The summed E-state index contributed by atoms with van der Waals surface area (Å²) < 4.78 is 11.0. The molecule has 0 bridgehead atoms. The molecule has 1 aromatic rings. The standard InChI is InChI=1S/C19H37N5O2/c1-15-8-20-5-6-21-16(2)10-24-19(11-23-17(3)9-22-15)14-26-13-18-4-7-25-12-18/h4,7,12,15-17,19-24H,5-6,8-11,13-14H2,1-3H3/t15-,16+,17+,19+/m0/s1. The maximum atomic E-state index is 5.89. The van der Waals surface area contributed by atoms with E-state index in [4.69, 9.17) is 9.15 Å². The van der Waals surface area contributed by atoms with Gasteiger partial charge < -0.3 is 35.7 Å². The van der Waals surface area contributed by atoms with Crippen LogP contribution in [-0.4, -0.2) is 70.0 Å². The van der Waals surface area contributed by atoms with E-state index >= 15 is 0 Å². The van der Waals surface area contributed by atoms with Crippen LogP contribution >= 0.6 is 0 Å². The summed E-state index contributed by atoms with van der Waals surface area (Å²) in [5, 5.41) is 17.9. The minimum atomic E-state index is 0.272. The summed E-state index contributed by atoms with van der Waals surface area (Å²) in [6.07, 6.45) is 3.41. The van der Waals surface area contributed by atoms with E-state index < -0.39 is 0 Å². The highest BCUT2D eigenvalue weighted by Gasteiger charge is 2.13. The van der Waals surface area contributed by atoms with E-state index in [2.05, 4.69) is 47.4 Å². The Hall–Kier alpha value is -0.960. The quantitative estimate of drug-likeness (QED) is 0.523. The number of rotatable bonds is 4. The van der Waals surface area contributed by atoms with Gasteiger partial charge in [-0.25, -0.2) is 0 Å². The predicted molar refractivity (Wildman–Crippen MR) is 105 cm³/mol. The minimum absolute atomic E-state index is 0.272. The molecule has 1 aliphatic rings. The average Bonchev–Trinajstić information content (AvgIpc) is 3.14. The summed E-state index contributed by atoms with van der Waals surface area (Å²) >= 11 is 0. The highest BCUT2D eigenvalue weighted by Crippen LogP contribution is 2.02. The molecule has 0 aliphatic carbocycles. The molecule has 26 heavy (non-hydrogen) atoms. The molecule has 0 amide bonds. The van der Waals surface area contributed by atoms with Crippen LogP contribution in [0.25, 0.3) is 0 Å². The van der Waals surface area contributed by atoms with Crippen LogP contribution in [-0.2, 0) is 11.3 Å². The molecule has 0 saturated carbocycles. The highest BCUT2D eigenvalue weighted by molar-refractivity contribution is 5.03. The third-order valence-electron chi connectivity index (χ3n) is 4.61. The van der Waals surface area contributed by atoms with Crippen molar-refractivity contribution in [2.75, 3.05) is 45.9 Å². The first kappa shape index (κ1) is 21.3. The maximum absolute atomic E-state index is 5.89. The zero-order chi connectivity index (χ0) is 18.6. The van der Waals surface area contributed by atoms with Gasteiger partial charge in [-0.3, -0.25) is 0 Å². The largest absolute Gasteiger partial charge is 0.472 e. The van der Waals surface area contributed by atoms with Gasteiger partial charge in [0.2, 0.25) is 0 Å². The minimum Gasteiger partial charge on any atom is -0.472 e. The first-order valence-electron chi connectivity index (χ1n) is 9.86. The molecule has 1 fully saturated rings. The van der Waals surface area contributed by atoms with E-state index in [0.29, 0.717) is 31.3 Å². The fourth-order valence-electron chi connectivity index (χ4n) is 2.89. The Bertz CT molecular complexity index is 457. The van der Waals surface area contributed by atoms with Gasteiger partial charge in [0.25, 0.3) is 0 Å². The van der Waals surface area contributed by atoms with Crippen molar-refractivity contribution in [3.05, 3.63) is 24.2 Å². The highest BCUT2D eigenvalue weighted by atomic mass is 16.5. The van der Waals surface area contributed by atoms with Crippen molar-refractivity contribution in [1.29, 1.82) is 0 Å². The Kier molecular flexibility index (Phi) is 10.2. The number of hydrogen-bond acceptors (Lipinski definition) is 7. The summed E-state index contributed by atoms with van der Waals surface area (Å²) in [4.78, 5) is 0. The summed E-state index contributed by atoms with van der Waals surface area (Å²) in [5.41, 5.74) is 1.07. The van der Waals surface area contributed by atoms with Gasteiger partial charge in [-0.05, 0) is 26.8 Å². The first-order chi connectivity index (χ1) is 12.6. The van der Waals surface area contributed by atoms with Crippen LogP contribution < -0.4 is 26.6 Å². The van der Waals surface area contributed by atoms with Crippen LogP contribution in [0.4, 0.5) is 0 Å². The van der Waals surface area contributed by atoms with Gasteiger partial charge in [0.1, 0.15) is 0 Å². The summed E-state index contributed by atoms with van der Waals surface area (Å²) in [6, 6.07) is 3.52. The van der Waals surface area contributed by atoms with Crippen molar-refractivity contribution in [3.8, 4) is 0 Å². The van der Waals surface area contributed by atoms with Crippen molar-refractivity contribution < 1.29 is 9.15 Å².